The number of unbranched alkanes of at least 4 members (excludes halogenated alkanes) is 1. The first-order valence-electron chi connectivity index (χ1n) is 11.1. The molecule has 4 nitrogen and oxygen atoms in total. The minimum absolute atomic E-state index is 0.0372. The number of hydrogen-bond acceptors (Lipinski definition) is 3. The van der Waals surface area contributed by atoms with Crippen LogP contribution in [0.2, 0.25) is 0 Å². The number of carbonyl (C=O) groups excluding carboxylic acids is 1. The molecule has 6 heteroatoms. The summed E-state index contributed by atoms with van der Waals surface area (Å²) < 4.78 is 2.15. The van der Waals surface area contributed by atoms with Crippen LogP contribution in [0.15, 0.2) is 40.2 Å². The molecular formula is C25H30BrNO3S. The van der Waals surface area contributed by atoms with Gasteiger partial charge in [0.05, 0.1) is 5.56 Å². The second-order valence-electron chi connectivity index (χ2n) is 9.64. The van der Waals surface area contributed by atoms with Gasteiger partial charge >= 0.3 is 5.97 Å². The summed E-state index contributed by atoms with van der Waals surface area (Å²) in [6.45, 7) is 4.70. The predicted molar refractivity (Wildman–Crippen MR) is 130 cm³/mol. The molecule has 0 radical (unpaired) electrons. The SMILES string of the molecule is CC1(C)[C@H]2C[C@H](C/C=C\CCCC(=O)O)[C@@H](NC(=O)c3csc4cc(Br)ccc34)[C@@H]1C2. The summed E-state index contributed by atoms with van der Waals surface area (Å²) >= 11 is 5.12. The van der Waals surface area contributed by atoms with Gasteiger partial charge in [-0.1, -0.05) is 48.0 Å². The molecule has 0 saturated heterocycles. The van der Waals surface area contributed by atoms with Crippen molar-refractivity contribution in [3.63, 3.8) is 0 Å². The topological polar surface area (TPSA) is 66.4 Å². The van der Waals surface area contributed by atoms with Gasteiger partial charge in [0.15, 0.2) is 0 Å². The van der Waals surface area contributed by atoms with Crippen LogP contribution < -0.4 is 5.32 Å². The van der Waals surface area contributed by atoms with Crippen LogP contribution in [-0.2, 0) is 4.79 Å². The lowest BCUT2D eigenvalue weighted by Gasteiger charge is -2.62. The molecule has 0 spiro atoms. The zero-order valence-corrected chi connectivity index (χ0v) is 20.5. The molecule has 2 bridgehead atoms. The molecule has 1 amide bonds. The lowest BCUT2D eigenvalue weighted by Crippen LogP contribution is -2.63. The fourth-order valence-corrected chi connectivity index (χ4v) is 7.03. The number of carboxylic acids is 1. The van der Waals surface area contributed by atoms with Crippen molar-refractivity contribution in [3.8, 4) is 0 Å². The Morgan fingerprint density at radius 1 is 1.29 bits per heavy atom. The van der Waals surface area contributed by atoms with E-state index in [1.165, 1.54) is 6.42 Å². The van der Waals surface area contributed by atoms with Crippen LogP contribution in [-0.4, -0.2) is 23.0 Å². The molecule has 1 aromatic carbocycles. The minimum atomic E-state index is -0.737. The number of nitrogens with one attached hydrogen (secondary N) is 1. The highest BCUT2D eigenvalue weighted by Gasteiger charge is 2.57. The molecule has 1 heterocycles. The van der Waals surface area contributed by atoms with Crippen molar-refractivity contribution in [1.29, 1.82) is 0 Å². The third-order valence-electron chi connectivity index (χ3n) is 7.52. The number of carboxylic acid groups (broad SMARTS) is 1. The van der Waals surface area contributed by atoms with Crippen molar-refractivity contribution < 1.29 is 14.7 Å². The van der Waals surface area contributed by atoms with E-state index in [1.54, 1.807) is 11.3 Å². The van der Waals surface area contributed by atoms with Gasteiger partial charge in [0.25, 0.3) is 5.91 Å². The van der Waals surface area contributed by atoms with Gasteiger partial charge in [0.1, 0.15) is 0 Å². The van der Waals surface area contributed by atoms with Gasteiger partial charge in [0.2, 0.25) is 0 Å². The molecule has 3 aliphatic rings. The lowest BCUT2D eigenvalue weighted by atomic mass is 9.44. The van der Waals surface area contributed by atoms with Gasteiger partial charge in [0, 0.05) is 32.4 Å². The number of fused-ring (bicyclic) bond motifs is 3. The average Bonchev–Trinajstić information content (AvgIpc) is 3.13. The largest absolute Gasteiger partial charge is 0.481 e. The highest BCUT2D eigenvalue weighted by atomic mass is 79.9. The third-order valence-corrected chi connectivity index (χ3v) is 8.96. The van der Waals surface area contributed by atoms with E-state index in [-0.39, 0.29) is 23.8 Å². The second-order valence-corrected chi connectivity index (χ2v) is 11.5. The highest BCUT2D eigenvalue weighted by molar-refractivity contribution is 9.10. The van der Waals surface area contributed by atoms with Crippen LogP contribution in [0.1, 0.15) is 62.7 Å². The third kappa shape index (κ3) is 4.61. The number of aliphatic carboxylic acids is 1. The number of allylic oxidation sites excluding steroid dienone is 2. The van der Waals surface area contributed by atoms with Crippen LogP contribution in [0.5, 0.6) is 0 Å². The van der Waals surface area contributed by atoms with Crippen molar-refractivity contribution in [2.24, 2.45) is 23.2 Å². The Bertz CT molecular complexity index is 1010. The number of hydrogen-bond donors (Lipinski definition) is 2. The Morgan fingerprint density at radius 2 is 2.10 bits per heavy atom. The first-order valence-corrected chi connectivity index (χ1v) is 12.8. The number of carbonyl (C=O) groups is 2. The van der Waals surface area contributed by atoms with Gasteiger partial charge in [-0.05, 0) is 67.4 Å². The fraction of sp³-hybridized carbons (Fsp3) is 0.520. The number of rotatable bonds is 8. The molecular weight excluding hydrogens is 474 g/mol. The van der Waals surface area contributed by atoms with Gasteiger partial charge in [-0.15, -0.1) is 11.3 Å². The molecule has 3 aliphatic carbocycles. The van der Waals surface area contributed by atoms with Crippen LogP contribution >= 0.6 is 27.3 Å². The standard InChI is InChI=1S/C25H30BrNO3S/c1-25(2)16-11-15(7-5-3-4-6-8-22(28)29)23(20(25)12-16)27-24(30)19-14-31-21-13-17(26)9-10-18(19)21/h3,5,9-10,13-16,20,23H,4,6-8,11-12H2,1-2H3,(H,27,30)(H,28,29)/b5-3-/t15-,16-,20-,23+/m0/s1. The van der Waals surface area contributed by atoms with Crippen molar-refractivity contribution in [2.75, 3.05) is 0 Å². The van der Waals surface area contributed by atoms with Crippen molar-refractivity contribution in [3.05, 3.63) is 45.8 Å². The minimum Gasteiger partial charge on any atom is -0.481 e. The monoisotopic (exact) mass is 503 g/mol. The maximum Gasteiger partial charge on any atom is 0.303 e. The summed E-state index contributed by atoms with van der Waals surface area (Å²) in [5.41, 5.74) is 1.05. The Balaban J connectivity index is 1.45. The Hall–Kier alpha value is -1.66. The molecule has 166 valence electrons. The molecule has 2 N–H and O–H groups in total. The van der Waals surface area contributed by atoms with Gasteiger partial charge in [-0.3, -0.25) is 9.59 Å². The highest BCUT2D eigenvalue weighted by Crippen LogP contribution is 2.61. The quantitative estimate of drug-likeness (QED) is 0.313. The Labute approximate surface area is 196 Å². The summed E-state index contributed by atoms with van der Waals surface area (Å²) in [6.07, 6.45) is 9.28. The first kappa shape index (κ1) is 22.5. The van der Waals surface area contributed by atoms with Crippen LogP contribution in [0.25, 0.3) is 10.1 Å². The zero-order valence-electron chi connectivity index (χ0n) is 18.1. The van der Waals surface area contributed by atoms with E-state index in [0.29, 0.717) is 18.3 Å². The van der Waals surface area contributed by atoms with E-state index < -0.39 is 5.97 Å². The second kappa shape index (κ2) is 9.07. The van der Waals surface area contributed by atoms with Crippen molar-refractivity contribution in [2.45, 2.75) is 58.4 Å². The molecule has 0 aliphatic heterocycles. The smallest absolute Gasteiger partial charge is 0.303 e. The Kier molecular flexibility index (Phi) is 6.59. The summed E-state index contributed by atoms with van der Waals surface area (Å²) in [6, 6.07) is 6.26. The Morgan fingerprint density at radius 3 is 2.84 bits per heavy atom. The summed E-state index contributed by atoms with van der Waals surface area (Å²) in [5, 5.41) is 15.2. The van der Waals surface area contributed by atoms with E-state index in [9.17, 15) is 9.59 Å². The zero-order chi connectivity index (χ0) is 22.2. The molecule has 31 heavy (non-hydrogen) atoms. The fourth-order valence-electron chi connectivity index (χ4n) is 5.53. The van der Waals surface area contributed by atoms with Crippen molar-refractivity contribution in [1.82, 2.24) is 5.32 Å². The summed E-state index contributed by atoms with van der Waals surface area (Å²) in [7, 11) is 0. The number of benzene rings is 1. The first-order chi connectivity index (χ1) is 14.8. The molecule has 5 rings (SSSR count). The van der Waals surface area contributed by atoms with E-state index in [2.05, 4.69) is 53.3 Å². The van der Waals surface area contributed by atoms with E-state index in [1.807, 2.05) is 17.5 Å². The number of thiophene rings is 1. The van der Waals surface area contributed by atoms with E-state index in [0.717, 1.165) is 45.3 Å². The maximum absolute atomic E-state index is 13.3. The molecule has 0 unspecified atom stereocenters. The summed E-state index contributed by atoms with van der Waals surface area (Å²) in [5.74, 6) is 0.986. The van der Waals surface area contributed by atoms with Crippen LogP contribution in [0.3, 0.4) is 0 Å². The molecule has 3 fully saturated rings. The lowest BCUT2D eigenvalue weighted by molar-refractivity contribution is -0.137. The maximum atomic E-state index is 13.3. The van der Waals surface area contributed by atoms with Crippen LogP contribution in [0, 0.1) is 23.2 Å². The molecule has 1 aromatic heterocycles. The van der Waals surface area contributed by atoms with Crippen LogP contribution in [0.4, 0.5) is 0 Å². The number of halogens is 1. The normalized spacial score (nSPS) is 26.7. The summed E-state index contributed by atoms with van der Waals surface area (Å²) in [4.78, 5) is 23.9. The molecule has 2 aromatic rings. The number of amides is 1. The van der Waals surface area contributed by atoms with Gasteiger partial charge in [-0.2, -0.15) is 0 Å². The van der Waals surface area contributed by atoms with E-state index in [4.69, 9.17) is 5.11 Å². The average molecular weight is 504 g/mol. The van der Waals surface area contributed by atoms with E-state index >= 15 is 0 Å². The molecule has 3 saturated carbocycles. The predicted octanol–water partition coefficient (Wildman–Crippen LogP) is 6.65. The molecule has 4 atom stereocenters. The van der Waals surface area contributed by atoms with Crippen molar-refractivity contribution >= 4 is 49.2 Å². The van der Waals surface area contributed by atoms with Gasteiger partial charge in [-0.25, -0.2) is 0 Å². The van der Waals surface area contributed by atoms with Gasteiger partial charge < -0.3 is 10.4 Å².